The number of aromatic nitrogens is 4. The zero-order valence-electron chi connectivity index (χ0n) is 13.4. The molecule has 0 aliphatic rings. The van der Waals surface area contributed by atoms with Crippen LogP contribution in [0.5, 0.6) is 0 Å². The summed E-state index contributed by atoms with van der Waals surface area (Å²) in [6.45, 7) is 6.29. The summed E-state index contributed by atoms with van der Waals surface area (Å²) < 4.78 is 12.1. The second-order valence-corrected chi connectivity index (χ2v) is 5.58. The topological polar surface area (TPSA) is 125 Å². The van der Waals surface area contributed by atoms with Crippen LogP contribution in [0.15, 0.2) is 11.1 Å². The van der Waals surface area contributed by atoms with Crippen LogP contribution in [0.1, 0.15) is 20.8 Å². The fourth-order valence-corrected chi connectivity index (χ4v) is 1.83. The molecule has 0 aliphatic heterocycles. The first-order valence-electron chi connectivity index (χ1n) is 7.35. The first-order chi connectivity index (χ1) is 10.9. The van der Waals surface area contributed by atoms with E-state index in [2.05, 4.69) is 15.0 Å². The van der Waals surface area contributed by atoms with Crippen molar-refractivity contribution < 1.29 is 14.3 Å². The van der Waals surface area contributed by atoms with Gasteiger partial charge in [0.15, 0.2) is 11.2 Å². The molecule has 126 valence electrons. The number of nitrogens with one attached hydrogen (secondary N) is 1. The van der Waals surface area contributed by atoms with Gasteiger partial charge in [-0.15, -0.1) is 0 Å². The average Bonchev–Trinajstić information content (AvgIpc) is 2.89. The minimum Gasteiger partial charge on any atom is -0.463 e. The van der Waals surface area contributed by atoms with Crippen molar-refractivity contribution in [3.8, 4) is 0 Å². The lowest BCUT2D eigenvalue weighted by Gasteiger charge is -2.14. The minimum atomic E-state index is -0.400. The smallest absolute Gasteiger partial charge is 0.308 e. The molecule has 0 saturated heterocycles. The highest BCUT2D eigenvalue weighted by Crippen LogP contribution is 2.11. The quantitative estimate of drug-likeness (QED) is 0.561. The monoisotopic (exact) mass is 323 g/mol. The fraction of sp³-hybridized carbons (Fsp3) is 0.571. The Balaban J connectivity index is 1.84. The molecule has 2 heterocycles. The molecule has 9 nitrogen and oxygen atoms in total. The molecule has 0 aliphatic carbocycles. The highest BCUT2D eigenvalue weighted by Gasteiger charge is 2.17. The van der Waals surface area contributed by atoms with Crippen molar-refractivity contribution in [2.45, 2.75) is 27.5 Å². The highest BCUT2D eigenvalue weighted by atomic mass is 16.6. The van der Waals surface area contributed by atoms with E-state index in [9.17, 15) is 9.59 Å². The Morgan fingerprint density at radius 2 is 2.13 bits per heavy atom. The summed E-state index contributed by atoms with van der Waals surface area (Å²) in [5.41, 5.74) is 5.65. The number of anilines is 1. The largest absolute Gasteiger partial charge is 0.463 e. The van der Waals surface area contributed by atoms with Crippen molar-refractivity contribution in [2.24, 2.45) is 11.8 Å². The van der Waals surface area contributed by atoms with Crippen molar-refractivity contribution in [1.82, 2.24) is 19.5 Å². The zero-order chi connectivity index (χ0) is 17.0. The van der Waals surface area contributed by atoms with Gasteiger partial charge in [-0.2, -0.15) is 4.98 Å². The third-order valence-electron chi connectivity index (χ3n) is 3.57. The van der Waals surface area contributed by atoms with Crippen molar-refractivity contribution in [2.75, 3.05) is 18.9 Å². The second-order valence-electron chi connectivity index (χ2n) is 5.58. The third-order valence-corrected chi connectivity index (χ3v) is 3.57. The average molecular weight is 323 g/mol. The standard InChI is InChI=1S/C14H21N5O4/c1-8(2)9(3)13(21)23-5-4-22-7-19-6-16-10-11(19)17-14(15)18-12(10)20/h6,8-9H,4-5,7H2,1-3H3,(H3,15,17,18,20)/t9-/m0/s1. The Hall–Kier alpha value is -2.42. The first-order valence-corrected chi connectivity index (χ1v) is 7.35. The number of esters is 1. The normalized spacial score (nSPS) is 12.7. The van der Waals surface area contributed by atoms with E-state index >= 15 is 0 Å². The first kappa shape index (κ1) is 16.9. The molecule has 9 heteroatoms. The summed E-state index contributed by atoms with van der Waals surface area (Å²) in [5.74, 6) is -0.139. The lowest BCUT2D eigenvalue weighted by atomic mass is 9.99. The summed E-state index contributed by atoms with van der Waals surface area (Å²) in [4.78, 5) is 33.7. The number of hydrogen-bond acceptors (Lipinski definition) is 7. The number of carbonyl (C=O) groups is 1. The summed E-state index contributed by atoms with van der Waals surface area (Å²) >= 11 is 0. The van der Waals surface area contributed by atoms with Crippen LogP contribution in [0.4, 0.5) is 5.95 Å². The van der Waals surface area contributed by atoms with E-state index < -0.39 is 5.56 Å². The lowest BCUT2D eigenvalue weighted by Crippen LogP contribution is -2.21. The predicted octanol–water partition coefficient (Wildman–Crippen LogP) is 0.511. The number of hydrogen-bond donors (Lipinski definition) is 2. The molecule has 0 unspecified atom stereocenters. The van der Waals surface area contributed by atoms with Gasteiger partial charge in [-0.25, -0.2) is 4.98 Å². The molecule has 0 bridgehead atoms. The van der Waals surface area contributed by atoms with Gasteiger partial charge in [0.25, 0.3) is 5.56 Å². The van der Waals surface area contributed by atoms with E-state index in [-0.39, 0.29) is 49.2 Å². The molecule has 2 aromatic heterocycles. The van der Waals surface area contributed by atoms with Crippen LogP contribution >= 0.6 is 0 Å². The minimum absolute atomic E-state index is 0.0147. The van der Waals surface area contributed by atoms with Crippen LogP contribution in [0.3, 0.4) is 0 Å². The van der Waals surface area contributed by atoms with Crippen LogP contribution in [-0.4, -0.2) is 38.7 Å². The van der Waals surface area contributed by atoms with Crippen molar-refractivity contribution >= 4 is 23.1 Å². The lowest BCUT2D eigenvalue weighted by molar-refractivity contribution is -0.151. The number of ether oxygens (including phenoxy) is 2. The number of fused-ring (bicyclic) bond motifs is 1. The van der Waals surface area contributed by atoms with Gasteiger partial charge in [-0.1, -0.05) is 20.8 Å². The highest BCUT2D eigenvalue weighted by molar-refractivity contribution is 5.72. The maximum atomic E-state index is 11.7. The molecule has 0 spiro atoms. The number of nitrogen functional groups attached to an aromatic ring is 1. The molecule has 23 heavy (non-hydrogen) atoms. The summed E-state index contributed by atoms with van der Waals surface area (Å²) in [6.07, 6.45) is 1.44. The maximum absolute atomic E-state index is 11.7. The summed E-state index contributed by atoms with van der Waals surface area (Å²) in [7, 11) is 0. The Morgan fingerprint density at radius 1 is 1.39 bits per heavy atom. The van der Waals surface area contributed by atoms with E-state index in [1.54, 1.807) is 4.57 Å². The van der Waals surface area contributed by atoms with Gasteiger partial charge in [-0.05, 0) is 5.92 Å². The summed E-state index contributed by atoms with van der Waals surface area (Å²) in [5, 5.41) is 0. The van der Waals surface area contributed by atoms with E-state index in [4.69, 9.17) is 15.2 Å². The number of imidazole rings is 1. The Kier molecular flexibility index (Phi) is 5.32. The predicted molar refractivity (Wildman–Crippen MR) is 83.5 cm³/mol. The number of rotatable bonds is 7. The summed E-state index contributed by atoms with van der Waals surface area (Å²) in [6, 6.07) is 0. The van der Waals surface area contributed by atoms with E-state index in [1.807, 2.05) is 20.8 Å². The molecular weight excluding hydrogens is 302 g/mol. The van der Waals surface area contributed by atoms with Crippen molar-refractivity contribution in [1.29, 1.82) is 0 Å². The Labute approximate surface area is 132 Å². The molecule has 2 aromatic rings. The van der Waals surface area contributed by atoms with E-state index in [0.29, 0.717) is 5.65 Å². The molecular formula is C14H21N5O4. The second kappa shape index (κ2) is 7.23. The van der Waals surface area contributed by atoms with Crippen LogP contribution in [-0.2, 0) is 21.0 Å². The van der Waals surface area contributed by atoms with Crippen molar-refractivity contribution in [3.05, 3.63) is 16.7 Å². The fourth-order valence-electron chi connectivity index (χ4n) is 1.83. The number of H-pyrrole nitrogens is 1. The number of aromatic amines is 1. The van der Waals surface area contributed by atoms with Crippen LogP contribution in [0.2, 0.25) is 0 Å². The van der Waals surface area contributed by atoms with E-state index in [1.165, 1.54) is 6.33 Å². The number of carbonyl (C=O) groups excluding carboxylic acids is 1. The maximum Gasteiger partial charge on any atom is 0.308 e. The van der Waals surface area contributed by atoms with Gasteiger partial charge >= 0.3 is 5.97 Å². The molecule has 1 atom stereocenters. The van der Waals surface area contributed by atoms with Gasteiger partial charge in [0.2, 0.25) is 5.95 Å². The van der Waals surface area contributed by atoms with E-state index in [0.717, 1.165) is 0 Å². The SMILES string of the molecule is CC(C)[C@H](C)C(=O)OCCOCn1cnc2c(=O)[nH]c(N)nc21. The zero-order valence-corrected chi connectivity index (χ0v) is 13.4. The van der Waals surface area contributed by atoms with Gasteiger partial charge in [0, 0.05) is 0 Å². The van der Waals surface area contributed by atoms with Crippen LogP contribution < -0.4 is 11.3 Å². The Bertz CT molecular complexity index is 736. The van der Waals surface area contributed by atoms with Crippen LogP contribution in [0.25, 0.3) is 11.2 Å². The molecule has 3 N–H and O–H groups in total. The number of nitrogens with zero attached hydrogens (tertiary/aromatic N) is 3. The molecule has 2 rings (SSSR count). The van der Waals surface area contributed by atoms with Gasteiger partial charge in [0.1, 0.15) is 13.3 Å². The van der Waals surface area contributed by atoms with Gasteiger partial charge < -0.3 is 15.2 Å². The van der Waals surface area contributed by atoms with Crippen molar-refractivity contribution in [3.63, 3.8) is 0 Å². The third kappa shape index (κ3) is 4.07. The molecule has 0 fully saturated rings. The number of nitrogens with two attached hydrogens (primary N) is 1. The van der Waals surface area contributed by atoms with Gasteiger partial charge in [-0.3, -0.25) is 19.1 Å². The molecule has 0 amide bonds. The van der Waals surface area contributed by atoms with Crippen LogP contribution in [0, 0.1) is 11.8 Å². The van der Waals surface area contributed by atoms with Gasteiger partial charge in [0.05, 0.1) is 18.9 Å². The molecule has 0 saturated carbocycles. The molecule has 0 radical (unpaired) electrons. The Morgan fingerprint density at radius 3 is 2.83 bits per heavy atom. The molecule has 0 aromatic carbocycles.